The zero-order valence-electron chi connectivity index (χ0n) is 15.2. The molecule has 1 aromatic carbocycles. The first-order chi connectivity index (χ1) is 12.6. The van der Waals surface area contributed by atoms with Crippen molar-refractivity contribution in [3.63, 3.8) is 0 Å². The van der Waals surface area contributed by atoms with Crippen molar-refractivity contribution in [3.05, 3.63) is 53.9 Å². The van der Waals surface area contributed by atoms with Crippen LogP contribution in [-0.2, 0) is 22.6 Å². The molecule has 0 saturated carbocycles. The van der Waals surface area contributed by atoms with Gasteiger partial charge in [0.15, 0.2) is 0 Å². The number of aromatic nitrogens is 1. The van der Waals surface area contributed by atoms with Crippen LogP contribution >= 0.6 is 0 Å². The Kier molecular flexibility index (Phi) is 7.61. The van der Waals surface area contributed by atoms with Gasteiger partial charge in [0.05, 0.1) is 14.2 Å². The van der Waals surface area contributed by atoms with E-state index < -0.39 is 11.7 Å². The molecule has 0 aliphatic heterocycles. The first-order valence-electron chi connectivity index (χ1n) is 8.56. The van der Waals surface area contributed by atoms with Gasteiger partial charge in [0, 0.05) is 36.5 Å². The molecule has 0 aliphatic rings. The Hall–Kier alpha value is -2.89. The Labute approximate surface area is 153 Å². The number of Topliss-reactive ketones (excluding diaryl/α,β-unsaturated/α-hetero) is 1. The third-order valence-electron chi connectivity index (χ3n) is 4.00. The number of carbonyl (C=O) groups excluding carboxylic acids is 2. The summed E-state index contributed by atoms with van der Waals surface area (Å²) in [4.78, 5) is 28.2. The number of ketones is 1. The topological polar surface area (TPSA) is 77.5 Å². The van der Waals surface area contributed by atoms with E-state index in [1.165, 1.54) is 0 Å². The van der Waals surface area contributed by atoms with Crippen molar-refractivity contribution in [2.75, 3.05) is 14.2 Å². The van der Waals surface area contributed by atoms with Gasteiger partial charge in [-0.2, -0.15) is 0 Å². The van der Waals surface area contributed by atoms with E-state index in [1.807, 2.05) is 18.2 Å². The first-order valence-corrected chi connectivity index (χ1v) is 8.56. The molecule has 0 fully saturated rings. The maximum absolute atomic E-state index is 12.0. The molecular weight excluding hydrogens is 332 g/mol. The summed E-state index contributed by atoms with van der Waals surface area (Å²) in [5, 5.41) is 2.65. The molecule has 0 radical (unpaired) electrons. The van der Waals surface area contributed by atoms with Crippen LogP contribution in [0.5, 0.6) is 11.5 Å². The van der Waals surface area contributed by atoms with E-state index in [1.54, 1.807) is 38.6 Å². The fourth-order valence-corrected chi connectivity index (χ4v) is 2.52. The van der Waals surface area contributed by atoms with E-state index in [4.69, 9.17) is 9.47 Å². The third-order valence-corrected chi connectivity index (χ3v) is 4.00. The van der Waals surface area contributed by atoms with Crippen LogP contribution in [0.4, 0.5) is 0 Å². The van der Waals surface area contributed by atoms with Gasteiger partial charge in [-0.05, 0) is 43.5 Å². The molecule has 1 heterocycles. The van der Waals surface area contributed by atoms with Crippen LogP contribution in [0.3, 0.4) is 0 Å². The molecule has 0 aliphatic carbocycles. The highest BCUT2D eigenvalue weighted by atomic mass is 16.5. The maximum Gasteiger partial charge on any atom is 0.287 e. The molecule has 0 spiro atoms. The Morgan fingerprint density at radius 2 is 1.92 bits per heavy atom. The van der Waals surface area contributed by atoms with Gasteiger partial charge in [-0.15, -0.1) is 0 Å². The van der Waals surface area contributed by atoms with Gasteiger partial charge in [0.2, 0.25) is 5.78 Å². The van der Waals surface area contributed by atoms with E-state index >= 15 is 0 Å². The van der Waals surface area contributed by atoms with E-state index in [9.17, 15) is 9.59 Å². The third kappa shape index (κ3) is 5.88. The number of benzene rings is 1. The Bertz CT molecular complexity index is 732. The second-order valence-corrected chi connectivity index (χ2v) is 5.81. The standard InChI is InChI=1S/C20H24N2O4/c1-25-17-11-10-15(19(13-17)26-2)14-22-20(24)18(23)9-4-3-7-16-8-5-6-12-21-16/h5-6,8,10-13H,3-4,7,9,14H2,1-2H3,(H,22,24). The van der Waals surface area contributed by atoms with Gasteiger partial charge in [-0.1, -0.05) is 6.07 Å². The van der Waals surface area contributed by atoms with Gasteiger partial charge in [-0.25, -0.2) is 0 Å². The summed E-state index contributed by atoms with van der Waals surface area (Å²) in [6, 6.07) is 11.1. The summed E-state index contributed by atoms with van der Waals surface area (Å²) in [5.41, 5.74) is 1.78. The quantitative estimate of drug-likeness (QED) is 0.523. The molecule has 6 heteroatoms. The molecule has 0 atom stereocenters. The minimum absolute atomic E-state index is 0.228. The van der Waals surface area contributed by atoms with Crippen molar-refractivity contribution in [2.45, 2.75) is 32.2 Å². The van der Waals surface area contributed by atoms with Crippen LogP contribution in [0.2, 0.25) is 0 Å². The van der Waals surface area contributed by atoms with Crippen LogP contribution in [-0.4, -0.2) is 30.9 Å². The molecule has 1 amide bonds. The van der Waals surface area contributed by atoms with Crippen molar-refractivity contribution in [3.8, 4) is 11.5 Å². The predicted octanol–water partition coefficient (Wildman–Crippen LogP) is 2.70. The Morgan fingerprint density at radius 3 is 2.62 bits per heavy atom. The molecule has 26 heavy (non-hydrogen) atoms. The van der Waals surface area contributed by atoms with Crippen molar-refractivity contribution in [2.24, 2.45) is 0 Å². The predicted molar refractivity (Wildman–Crippen MR) is 98.2 cm³/mol. The number of hydrogen-bond acceptors (Lipinski definition) is 5. The fourth-order valence-electron chi connectivity index (χ4n) is 2.52. The van der Waals surface area contributed by atoms with Crippen molar-refractivity contribution >= 4 is 11.7 Å². The largest absolute Gasteiger partial charge is 0.497 e. The lowest BCUT2D eigenvalue weighted by atomic mass is 10.1. The first kappa shape index (κ1) is 19.4. The minimum atomic E-state index is -0.569. The highest BCUT2D eigenvalue weighted by molar-refractivity contribution is 6.36. The Morgan fingerprint density at radius 1 is 1.08 bits per heavy atom. The smallest absolute Gasteiger partial charge is 0.287 e. The average Bonchev–Trinajstić information content (AvgIpc) is 2.69. The number of ether oxygens (including phenoxy) is 2. The zero-order valence-corrected chi connectivity index (χ0v) is 15.2. The summed E-state index contributed by atoms with van der Waals surface area (Å²) in [6.45, 7) is 0.228. The lowest BCUT2D eigenvalue weighted by molar-refractivity contribution is -0.138. The summed E-state index contributed by atoms with van der Waals surface area (Å²) >= 11 is 0. The summed E-state index contributed by atoms with van der Waals surface area (Å²) in [7, 11) is 3.12. The number of nitrogens with zero attached hydrogens (tertiary/aromatic N) is 1. The number of aryl methyl sites for hydroxylation is 1. The number of nitrogens with one attached hydrogen (secondary N) is 1. The molecule has 0 unspecified atom stereocenters. The zero-order chi connectivity index (χ0) is 18.8. The van der Waals surface area contributed by atoms with Crippen molar-refractivity contribution < 1.29 is 19.1 Å². The second kappa shape index (κ2) is 10.2. The summed E-state index contributed by atoms with van der Waals surface area (Å²) < 4.78 is 10.4. The Balaban J connectivity index is 1.74. The molecule has 2 aromatic rings. The molecule has 6 nitrogen and oxygen atoms in total. The number of carbonyl (C=O) groups is 2. The second-order valence-electron chi connectivity index (χ2n) is 5.81. The molecule has 0 bridgehead atoms. The van der Waals surface area contributed by atoms with Crippen molar-refractivity contribution in [1.82, 2.24) is 10.3 Å². The normalized spacial score (nSPS) is 10.2. The number of amides is 1. The number of unbranched alkanes of at least 4 members (excludes halogenated alkanes) is 1. The van der Waals surface area contributed by atoms with Crippen LogP contribution < -0.4 is 14.8 Å². The van der Waals surface area contributed by atoms with Crippen molar-refractivity contribution in [1.29, 1.82) is 0 Å². The van der Waals surface area contributed by atoms with Crippen LogP contribution in [0, 0.1) is 0 Å². The summed E-state index contributed by atoms with van der Waals surface area (Å²) in [6.07, 6.45) is 4.27. The van der Waals surface area contributed by atoms with E-state index in [0.29, 0.717) is 17.9 Å². The van der Waals surface area contributed by atoms with Gasteiger partial charge in [0.25, 0.3) is 5.91 Å². The highest BCUT2D eigenvalue weighted by Gasteiger charge is 2.14. The number of pyridine rings is 1. The monoisotopic (exact) mass is 356 g/mol. The van der Waals surface area contributed by atoms with Crippen LogP contribution in [0.25, 0.3) is 0 Å². The molecule has 2 rings (SSSR count). The van der Waals surface area contributed by atoms with E-state index in [-0.39, 0.29) is 13.0 Å². The van der Waals surface area contributed by atoms with E-state index in [2.05, 4.69) is 10.3 Å². The van der Waals surface area contributed by atoms with Gasteiger partial charge in [-0.3, -0.25) is 14.6 Å². The van der Waals surface area contributed by atoms with Crippen LogP contribution in [0.15, 0.2) is 42.6 Å². The van der Waals surface area contributed by atoms with E-state index in [0.717, 1.165) is 24.1 Å². The fraction of sp³-hybridized carbons (Fsp3) is 0.350. The maximum atomic E-state index is 12.0. The minimum Gasteiger partial charge on any atom is -0.497 e. The summed E-state index contributed by atoms with van der Waals surface area (Å²) in [5.74, 6) is 0.299. The SMILES string of the molecule is COc1ccc(CNC(=O)C(=O)CCCCc2ccccn2)c(OC)c1. The molecule has 1 aromatic heterocycles. The molecule has 138 valence electrons. The molecular formula is C20H24N2O4. The molecule has 1 N–H and O–H groups in total. The van der Waals surface area contributed by atoms with Gasteiger partial charge < -0.3 is 14.8 Å². The van der Waals surface area contributed by atoms with Gasteiger partial charge in [0.1, 0.15) is 11.5 Å². The average molecular weight is 356 g/mol. The highest BCUT2D eigenvalue weighted by Crippen LogP contribution is 2.24. The number of methoxy groups -OCH3 is 2. The number of rotatable bonds is 10. The van der Waals surface area contributed by atoms with Gasteiger partial charge >= 0.3 is 0 Å². The molecule has 0 saturated heterocycles. The lowest BCUT2D eigenvalue weighted by Gasteiger charge is -2.11. The lowest BCUT2D eigenvalue weighted by Crippen LogP contribution is -2.30. The van der Waals surface area contributed by atoms with Crippen LogP contribution in [0.1, 0.15) is 30.5 Å². The number of hydrogen-bond donors (Lipinski definition) is 1.